The van der Waals surface area contributed by atoms with Crippen LogP contribution in [0.3, 0.4) is 0 Å². The maximum absolute atomic E-state index is 5.77. The molecule has 0 amide bonds. The Morgan fingerprint density at radius 1 is 1.38 bits per heavy atom. The van der Waals surface area contributed by atoms with E-state index in [4.69, 9.17) is 5.73 Å². The number of nitrogen functional groups attached to an aromatic ring is 1. The number of rotatable bonds is 3. The first-order valence-corrected chi connectivity index (χ1v) is 5.23. The van der Waals surface area contributed by atoms with Crippen LogP contribution < -0.4 is 10.6 Å². The summed E-state index contributed by atoms with van der Waals surface area (Å²) >= 11 is 0. The van der Waals surface area contributed by atoms with Crippen LogP contribution in [0.25, 0.3) is 0 Å². The third kappa shape index (κ3) is 2.00. The molecule has 1 aromatic carbocycles. The van der Waals surface area contributed by atoms with Gasteiger partial charge in [0.2, 0.25) is 0 Å². The summed E-state index contributed by atoms with van der Waals surface area (Å²) in [6, 6.07) is 8.34. The van der Waals surface area contributed by atoms with Gasteiger partial charge in [-0.05, 0) is 18.1 Å². The zero-order valence-corrected chi connectivity index (χ0v) is 9.57. The molecule has 0 radical (unpaired) electrons. The predicted molar refractivity (Wildman–Crippen MR) is 66.3 cm³/mol. The van der Waals surface area contributed by atoms with E-state index < -0.39 is 0 Å². The molecule has 0 saturated carbocycles. The molecule has 2 rings (SSSR count). The van der Waals surface area contributed by atoms with Gasteiger partial charge in [0.05, 0.1) is 11.9 Å². The van der Waals surface area contributed by atoms with Crippen molar-refractivity contribution in [1.82, 2.24) is 10.2 Å². The summed E-state index contributed by atoms with van der Waals surface area (Å²) in [7, 11) is 2.01. The maximum Gasteiger partial charge on any atom is 0.142 e. The lowest BCUT2D eigenvalue weighted by molar-refractivity contribution is 0.916. The van der Waals surface area contributed by atoms with E-state index in [0.29, 0.717) is 5.82 Å². The monoisotopic (exact) mass is 216 g/mol. The number of nitrogens with zero attached hydrogens (tertiary/aromatic N) is 2. The summed E-state index contributed by atoms with van der Waals surface area (Å²) in [4.78, 5) is 2.08. The van der Waals surface area contributed by atoms with Crippen molar-refractivity contribution in [1.29, 1.82) is 0 Å². The van der Waals surface area contributed by atoms with Crippen LogP contribution in [-0.2, 0) is 6.54 Å². The molecule has 0 atom stereocenters. The number of nitrogens with one attached hydrogen (secondary N) is 1. The minimum atomic E-state index is 0.607. The number of nitrogens with two attached hydrogens (primary N) is 1. The summed E-state index contributed by atoms with van der Waals surface area (Å²) in [5.74, 6) is 0.607. The van der Waals surface area contributed by atoms with Crippen LogP contribution in [0.4, 0.5) is 11.5 Å². The quantitative estimate of drug-likeness (QED) is 0.824. The van der Waals surface area contributed by atoms with Crippen LogP contribution in [0.5, 0.6) is 0 Å². The molecule has 0 aliphatic heterocycles. The highest BCUT2D eigenvalue weighted by Gasteiger charge is 2.08. The van der Waals surface area contributed by atoms with Crippen LogP contribution in [0, 0.1) is 6.92 Å². The minimum absolute atomic E-state index is 0.607. The van der Waals surface area contributed by atoms with E-state index in [1.54, 1.807) is 6.20 Å². The topological polar surface area (TPSA) is 57.9 Å². The Morgan fingerprint density at radius 3 is 2.75 bits per heavy atom. The van der Waals surface area contributed by atoms with Crippen LogP contribution in [0.2, 0.25) is 0 Å². The first kappa shape index (κ1) is 10.5. The lowest BCUT2D eigenvalue weighted by atomic mass is 10.1. The first-order valence-electron chi connectivity index (χ1n) is 5.23. The van der Waals surface area contributed by atoms with E-state index in [1.807, 2.05) is 13.1 Å². The molecule has 0 bridgehead atoms. The summed E-state index contributed by atoms with van der Waals surface area (Å²) in [5, 5.41) is 6.65. The van der Waals surface area contributed by atoms with Gasteiger partial charge in [0.15, 0.2) is 0 Å². The van der Waals surface area contributed by atoms with E-state index in [1.165, 1.54) is 11.1 Å². The van der Waals surface area contributed by atoms with E-state index >= 15 is 0 Å². The molecule has 2 aromatic rings. The fraction of sp³-hybridized carbons (Fsp3) is 0.250. The Morgan fingerprint density at radius 2 is 2.12 bits per heavy atom. The molecule has 1 aromatic heterocycles. The van der Waals surface area contributed by atoms with Crippen molar-refractivity contribution in [3.8, 4) is 0 Å². The molecule has 0 aliphatic carbocycles. The second-order valence-electron chi connectivity index (χ2n) is 3.95. The second kappa shape index (κ2) is 4.26. The molecule has 0 fully saturated rings. The van der Waals surface area contributed by atoms with Crippen molar-refractivity contribution >= 4 is 11.5 Å². The lowest BCUT2D eigenvalue weighted by Crippen LogP contribution is -2.17. The second-order valence-corrected chi connectivity index (χ2v) is 3.95. The smallest absolute Gasteiger partial charge is 0.142 e. The van der Waals surface area contributed by atoms with Gasteiger partial charge in [0, 0.05) is 13.6 Å². The van der Waals surface area contributed by atoms with E-state index in [0.717, 1.165) is 12.2 Å². The average Bonchev–Trinajstić information content (AvgIpc) is 2.68. The van der Waals surface area contributed by atoms with Crippen molar-refractivity contribution in [3.63, 3.8) is 0 Å². The number of aromatic amines is 1. The van der Waals surface area contributed by atoms with Crippen LogP contribution in [0.1, 0.15) is 11.1 Å². The molecule has 1 heterocycles. The molecular formula is C12H16N4. The Labute approximate surface area is 95.1 Å². The van der Waals surface area contributed by atoms with Gasteiger partial charge in [-0.1, -0.05) is 24.3 Å². The summed E-state index contributed by atoms with van der Waals surface area (Å²) in [5.41, 5.74) is 9.29. The number of anilines is 2. The zero-order chi connectivity index (χ0) is 11.5. The Hall–Kier alpha value is -1.97. The Kier molecular flexibility index (Phi) is 2.81. The third-order valence-corrected chi connectivity index (χ3v) is 2.73. The Balaban J connectivity index is 2.17. The van der Waals surface area contributed by atoms with Crippen molar-refractivity contribution in [3.05, 3.63) is 41.6 Å². The lowest BCUT2D eigenvalue weighted by Gasteiger charge is -2.19. The van der Waals surface area contributed by atoms with Gasteiger partial charge in [-0.3, -0.25) is 5.10 Å². The number of benzene rings is 1. The predicted octanol–water partition coefficient (Wildman–Crippen LogP) is 1.94. The van der Waals surface area contributed by atoms with Crippen LogP contribution in [-0.4, -0.2) is 17.2 Å². The van der Waals surface area contributed by atoms with Crippen molar-refractivity contribution < 1.29 is 0 Å². The number of aryl methyl sites for hydroxylation is 1. The van der Waals surface area contributed by atoms with Crippen molar-refractivity contribution in [2.24, 2.45) is 0 Å². The number of H-pyrrole nitrogens is 1. The fourth-order valence-electron chi connectivity index (χ4n) is 1.72. The largest absolute Gasteiger partial charge is 0.382 e. The highest BCUT2D eigenvalue weighted by molar-refractivity contribution is 5.61. The van der Waals surface area contributed by atoms with E-state index in [-0.39, 0.29) is 0 Å². The van der Waals surface area contributed by atoms with E-state index in [9.17, 15) is 0 Å². The molecule has 0 spiro atoms. The first-order chi connectivity index (χ1) is 7.68. The maximum atomic E-state index is 5.77. The highest BCUT2D eigenvalue weighted by atomic mass is 15.2. The third-order valence-electron chi connectivity index (χ3n) is 2.73. The van der Waals surface area contributed by atoms with Crippen molar-refractivity contribution in [2.75, 3.05) is 17.7 Å². The molecule has 3 N–H and O–H groups in total. The standard InChI is InChI=1S/C12H16N4/c1-9-5-3-4-6-10(9)8-16(2)11-7-14-15-12(11)13/h3-7H,8H2,1-2H3,(H3,13,14,15). The average molecular weight is 216 g/mol. The highest BCUT2D eigenvalue weighted by Crippen LogP contribution is 2.21. The van der Waals surface area contributed by atoms with Gasteiger partial charge >= 0.3 is 0 Å². The zero-order valence-electron chi connectivity index (χ0n) is 9.57. The van der Waals surface area contributed by atoms with Gasteiger partial charge in [-0.15, -0.1) is 0 Å². The molecule has 0 unspecified atom stereocenters. The van der Waals surface area contributed by atoms with Gasteiger partial charge in [-0.25, -0.2) is 0 Å². The molecule has 16 heavy (non-hydrogen) atoms. The van der Waals surface area contributed by atoms with Gasteiger partial charge in [0.25, 0.3) is 0 Å². The summed E-state index contributed by atoms with van der Waals surface area (Å²) < 4.78 is 0. The van der Waals surface area contributed by atoms with Crippen LogP contribution in [0.15, 0.2) is 30.5 Å². The molecule has 4 nitrogen and oxygen atoms in total. The van der Waals surface area contributed by atoms with E-state index in [2.05, 4.69) is 40.2 Å². The molecule has 4 heteroatoms. The number of hydrogen-bond acceptors (Lipinski definition) is 3. The van der Waals surface area contributed by atoms with Gasteiger partial charge in [0.1, 0.15) is 5.82 Å². The number of aromatic nitrogens is 2. The fourth-order valence-corrected chi connectivity index (χ4v) is 1.72. The minimum Gasteiger partial charge on any atom is -0.382 e. The van der Waals surface area contributed by atoms with Gasteiger partial charge < -0.3 is 10.6 Å². The molecule has 84 valence electrons. The summed E-state index contributed by atoms with van der Waals surface area (Å²) in [6.45, 7) is 2.94. The van der Waals surface area contributed by atoms with Crippen molar-refractivity contribution in [2.45, 2.75) is 13.5 Å². The molecule has 0 aliphatic rings. The molecular weight excluding hydrogens is 200 g/mol. The number of hydrogen-bond donors (Lipinski definition) is 2. The molecule has 0 saturated heterocycles. The normalized spacial score (nSPS) is 10.4. The Bertz CT molecular complexity index is 475. The van der Waals surface area contributed by atoms with Gasteiger partial charge in [-0.2, -0.15) is 5.10 Å². The SMILES string of the molecule is Cc1ccccc1CN(C)c1cn[nH]c1N. The van der Waals surface area contributed by atoms with Crippen LogP contribution >= 0.6 is 0 Å². The summed E-state index contributed by atoms with van der Waals surface area (Å²) in [6.07, 6.45) is 1.74.